The third-order valence-electron chi connectivity index (χ3n) is 1.35. The van der Waals surface area contributed by atoms with Crippen molar-refractivity contribution in [2.75, 3.05) is 0 Å². The second kappa shape index (κ2) is 9.59. The average molecular weight is 226 g/mol. The summed E-state index contributed by atoms with van der Waals surface area (Å²) in [5, 5.41) is 0. The van der Waals surface area contributed by atoms with E-state index in [-0.39, 0.29) is 7.43 Å². The van der Waals surface area contributed by atoms with Crippen molar-refractivity contribution in [2.24, 2.45) is 0 Å². The van der Waals surface area contributed by atoms with E-state index < -0.39 is 0 Å². The molecular formula is C12H22N2S. The molecule has 86 valence electrons. The van der Waals surface area contributed by atoms with E-state index in [0.29, 0.717) is 0 Å². The molecule has 2 aromatic rings. The van der Waals surface area contributed by atoms with E-state index in [1.807, 2.05) is 40.7 Å². The van der Waals surface area contributed by atoms with Gasteiger partial charge < -0.3 is 0 Å². The fourth-order valence-electron chi connectivity index (χ4n) is 0.867. The maximum absolute atomic E-state index is 4.28. The molecule has 0 saturated heterocycles. The molecule has 0 amide bonds. The first-order valence-corrected chi connectivity index (χ1v) is 5.81. The van der Waals surface area contributed by atoms with Gasteiger partial charge in [0.25, 0.3) is 0 Å². The molecule has 0 aromatic carbocycles. The molecule has 15 heavy (non-hydrogen) atoms. The minimum Gasteiger partial charge on any atom is -0.251 e. The van der Waals surface area contributed by atoms with Crippen LogP contribution in [0.5, 0.6) is 0 Å². The van der Waals surface area contributed by atoms with Gasteiger partial charge in [-0.15, -0.1) is 0 Å². The lowest BCUT2D eigenvalue weighted by Crippen LogP contribution is -1.76. The highest BCUT2D eigenvalue weighted by Gasteiger charge is 1.94. The Balaban J connectivity index is 0. The highest BCUT2D eigenvalue weighted by Crippen LogP contribution is 2.14. The number of aromatic nitrogens is 2. The van der Waals surface area contributed by atoms with Gasteiger partial charge in [-0.2, -0.15) is 4.37 Å². The summed E-state index contributed by atoms with van der Waals surface area (Å²) in [5.41, 5.74) is 2.05. The van der Waals surface area contributed by atoms with Crippen molar-refractivity contribution in [3.63, 3.8) is 0 Å². The SMILES string of the molecule is C.CC.CC.Cc1ccc2sncc2n1. The van der Waals surface area contributed by atoms with Crippen molar-refractivity contribution in [3.8, 4) is 0 Å². The molecule has 0 N–H and O–H groups in total. The monoisotopic (exact) mass is 226 g/mol. The van der Waals surface area contributed by atoms with Crippen LogP contribution in [0.1, 0.15) is 40.8 Å². The van der Waals surface area contributed by atoms with Gasteiger partial charge in [0.15, 0.2) is 0 Å². The zero-order chi connectivity index (χ0) is 11.0. The maximum atomic E-state index is 4.28. The van der Waals surface area contributed by atoms with Gasteiger partial charge in [-0.3, -0.25) is 4.98 Å². The molecule has 2 heterocycles. The third kappa shape index (κ3) is 4.88. The Labute approximate surface area is 97.5 Å². The van der Waals surface area contributed by atoms with E-state index in [2.05, 4.69) is 15.4 Å². The first-order valence-electron chi connectivity index (χ1n) is 5.04. The Morgan fingerprint density at radius 3 is 2.27 bits per heavy atom. The second-order valence-electron chi connectivity index (χ2n) is 2.16. The summed E-state index contributed by atoms with van der Waals surface area (Å²) in [4.78, 5) is 4.28. The van der Waals surface area contributed by atoms with Crippen LogP contribution in [0.15, 0.2) is 18.3 Å². The molecule has 0 unspecified atom stereocenters. The summed E-state index contributed by atoms with van der Waals surface area (Å²) in [5.74, 6) is 0. The van der Waals surface area contributed by atoms with Crippen molar-refractivity contribution in [3.05, 3.63) is 24.0 Å². The minimum absolute atomic E-state index is 0. The van der Waals surface area contributed by atoms with Gasteiger partial charge in [0.1, 0.15) is 5.52 Å². The van der Waals surface area contributed by atoms with Crippen molar-refractivity contribution >= 4 is 21.7 Å². The van der Waals surface area contributed by atoms with Crippen molar-refractivity contribution in [1.82, 2.24) is 9.36 Å². The quantitative estimate of drug-likeness (QED) is 0.651. The largest absolute Gasteiger partial charge is 0.251 e. The van der Waals surface area contributed by atoms with Crippen LogP contribution in [-0.2, 0) is 0 Å². The highest BCUT2D eigenvalue weighted by atomic mass is 32.1. The summed E-state index contributed by atoms with van der Waals surface area (Å²) in [6, 6.07) is 4.05. The van der Waals surface area contributed by atoms with Crippen LogP contribution in [0.3, 0.4) is 0 Å². The molecule has 0 saturated carbocycles. The number of hydrogen-bond acceptors (Lipinski definition) is 3. The molecule has 0 aliphatic heterocycles. The number of aryl methyl sites for hydroxylation is 1. The first kappa shape index (κ1) is 16.5. The second-order valence-corrected chi connectivity index (χ2v) is 3.00. The molecular weight excluding hydrogens is 204 g/mol. The van der Waals surface area contributed by atoms with Gasteiger partial charge in [0.2, 0.25) is 0 Å². The standard InChI is InChI=1S/C7H6N2S.2C2H6.CH4/c1-5-2-3-7-6(9-5)4-8-10-7;2*1-2;/h2-4H,1H3;2*1-2H3;1H4. The van der Waals surface area contributed by atoms with Gasteiger partial charge >= 0.3 is 0 Å². The molecule has 0 radical (unpaired) electrons. The van der Waals surface area contributed by atoms with Crippen LogP contribution >= 0.6 is 11.5 Å². The molecule has 0 atom stereocenters. The zero-order valence-corrected chi connectivity index (χ0v) is 10.4. The molecule has 0 aliphatic rings. The Bertz CT molecular complexity index is 355. The third-order valence-corrected chi connectivity index (χ3v) is 2.10. The van der Waals surface area contributed by atoms with Crippen LogP contribution < -0.4 is 0 Å². The Hall–Kier alpha value is -0.960. The van der Waals surface area contributed by atoms with Gasteiger partial charge in [0.05, 0.1) is 10.9 Å². The van der Waals surface area contributed by atoms with Crippen molar-refractivity contribution < 1.29 is 0 Å². The summed E-state index contributed by atoms with van der Waals surface area (Å²) >= 11 is 1.48. The van der Waals surface area contributed by atoms with Crippen LogP contribution in [0.25, 0.3) is 10.2 Å². The summed E-state index contributed by atoms with van der Waals surface area (Å²) in [7, 11) is 0. The van der Waals surface area contributed by atoms with Gasteiger partial charge in [-0.25, -0.2) is 0 Å². The number of fused-ring (bicyclic) bond motifs is 1. The van der Waals surface area contributed by atoms with E-state index in [0.717, 1.165) is 15.9 Å². The van der Waals surface area contributed by atoms with Crippen molar-refractivity contribution in [1.29, 1.82) is 0 Å². The molecule has 3 heteroatoms. The van der Waals surface area contributed by atoms with Gasteiger partial charge in [-0.05, 0) is 30.6 Å². The molecule has 2 rings (SSSR count). The van der Waals surface area contributed by atoms with Crippen LogP contribution in [0.2, 0.25) is 0 Å². The number of nitrogens with zero attached hydrogens (tertiary/aromatic N) is 2. The van der Waals surface area contributed by atoms with Gasteiger partial charge in [0, 0.05) is 5.69 Å². The molecule has 0 bridgehead atoms. The predicted molar refractivity (Wildman–Crippen MR) is 71.6 cm³/mol. The minimum atomic E-state index is 0. The molecule has 0 fully saturated rings. The first-order chi connectivity index (χ1) is 6.86. The van der Waals surface area contributed by atoms with Crippen LogP contribution in [0, 0.1) is 6.92 Å². The van der Waals surface area contributed by atoms with Crippen LogP contribution in [-0.4, -0.2) is 9.36 Å². The summed E-state index contributed by atoms with van der Waals surface area (Å²) < 4.78 is 5.18. The average Bonchev–Trinajstić information content (AvgIpc) is 2.71. The lowest BCUT2D eigenvalue weighted by Gasteiger charge is -1.88. The van der Waals surface area contributed by atoms with E-state index >= 15 is 0 Å². The summed E-state index contributed by atoms with van der Waals surface area (Å²) in [6.45, 7) is 9.98. The number of rotatable bonds is 0. The maximum Gasteiger partial charge on any atom is 0.101 e. The van der Waals surface area contributed by atoms with Crippen molar-refractivity contribution in [2.45, 2.75) is 42.0 Å². The summed E-state index contributed by atoms with van der Waals surface area (Å²) in [6.07, 6.45) is 1.80. The fourth-order valence-corrected chi connectivity index (χ4v) is 1.45. The highest BCUT2D eigenvalue weighted by molar-refractivity contribution is 7.13. The molecule has 2 nitrogen and oxygen atoms in total. The number of pyridine rings is 1. The lowest BCUT2D eigenvalue weighted by molar-refractivity contribution is 1.26. The van der Waals surface area contributed by atoms with E-state index in [4.69, 9.17) is 0 Å². The van der Waals surface area contributed by atoms with Crippen LogP contribution in [0.4, 0.5) is 0 Å². The number of hydrogen-bond donors (Lipinski definition) is 0. The Morgan fingerprint density at radius 1 is 1.07 bits per heavy atom. The zero-order valence-electron chi connectivity index (χ0n) is 9.53. The topological polar surface area (TPSA) is 25.8 Å². The Morgan fingerprint density at radius 2 is 1.67 bits per heavy atom. The predicted octanol–water partition coefficient (Wildman–Crippen LogP) is 4.69. The smallest absolute Gasteiger partial charge is 0.101 e. The fraction of sp³-hybridized carbons (Fsp3) is 0.500. The lowest BCUT2D eigenvalue weighted by atomic mass is 10.3. The van der Waals surface area contributed by atoms with E-state index in [9.17, 15) is 0 Å². The molecule has 2 aromatic heterocycles. The van der Waals surface area contributed by atoms with E-state index in [1.54, 1.807) is 6.20 Å². The molecule has 0 spiro atoms. The van der Waals surface area contributed by atoms with Gasteiger partial charge in [-0.1, -0.05) is 35.1 Å². The Kier molecular flexibility index (Phi) is 10.5. The molecule has 0 aliphatic carbocycles. The van der Waals surface area contributed by atoms with E-state index in [1.165, 1.54) is 11.5 Å². The normalized spacial score (nSPS) is 7.80.